The molecule has 0 fully saturated rings. The van der Waals surface area contributed by atoms with Crippen LogP contribution in [0.2, 0.25) is 0 Å². The summed E-state index contributed by atoms with van der Waals surface area (Å²) in [4.78, 5) is 3.24. The highest BCUT2D eigenvalue weighted by atomic mass is 127. The van der Waals surface area contributed by atoms with Crippen molar-refractivity contribution in [3.63, 3.8) is 0 Å². The lowest BCUT2D eigenvalue weighted by molar-refractivity contribution is 0.671. The van der Waals surface area contributed by atoms with E-state index < -0.39 is 0 Å². The van der Waals surface area contributed by atoms with Gasteiger partial charge in [0.2, 0.25) is 0 Å². The molecule has 1 aromatic carbocycles. The number of H-pyrrole nitrogens is 1. The molecule has 0 amide bonds. The molecule has 4 nitrogen and oxygen atoms in total. The minimum Gasteiger partial charge on any atom is -0.331 e. The number of hydrogen-bond acceptors (Lipinski definition) is 2. The largest absolute Gasteiger partial charge is 0.331 e. The quantitative estimate of drug-likeness (QED) is 0.556. The van der Waals surface area contributed by atoms with E-state index in [2.05, 4.69) is 55.4 Å². The first-order valence-electron chi connectivity index (χ1n) is 5.50. The number of hydrogen-bond donors (Lipinski definition) is 1. The maximum atomic E-state index is 5.39. The zero-order chi connectivity index (χ0) is 12.7. The van der Waals surface area contributed by atoms with Gasteiger partial charge in [-0.1, -0.05) is 0 Å². The molecule has 0 saturated carbocycles. The molecule has 6 heteroatoms. The smallest absolute Gasteiger partial charge is 0.178 e. The van der Waals surface area contributed by atoms with E-state index in [4.69, 9.17) is 12.2 Å². The number of aromatic nitrogens is 4. The van der Waals surface area contributed by atoms with Gasteiger partial charge < -0.3 is 9.55 Å². The van der Waals surface area contributed by atoms with Crippen LogP contribution < -0.4 is 0 Å². The molecule has 0 radical (unpaired) electrons. The van der Waals surface area contributed by atoms with E-state index in [1.807, 2.05) is 17.8 Å². The summed E-state index contributed by atoms with van der Waals surface area (Å²) in [5.74, 6) is 0. The highest BCUT2D eigenvalue weighted by Crippen LogP contribution is 2.18. The second kappa shape index (κ2) is 4.51. The van der Waals surface area contributed by atoms with E-state index in [-0.39, 0.29) is 0 Å². The second-order valence-electron chi connectivity index (χ2n) is 4.12. The minimum atomic E-state index is 0.732. The summed E-state index contributed by atoms with van der Waals surface area (Å²) in [5, 5.41) is 4.18. The topological polar surface area (TPSA) is 38.5 Å². The van der Waals surface area contributed by atoms with Crippen molar-refractivity contribution in [3.05, 3.63) is 44.5 Å². The normalized spacial score (nSPS) is 11.2. The number of halogens is 1. The SMILES string of the molecule is Cn1nccc1Cn1c(=S)[nH]c2cc(I)ccc21. The number of nitrogens with zero attached hydrogens (tertiary/aromatic N) is 3. The number of nitrogens with one attached hydrogen (secondary N) is 1. The van der Waals surface area contributed by atoms with Crippen molar-refractivity contribution in [2.24, 2.45) is 7.05 Å². The molecular formula is C12H11IN4S. The molecule has 0 aliphatic rings. The molecule has 92 valence electrons. The van der Waals surface area contributed by atoms with Crippen LogP contribution in [0.15, 0.2) is 30.5 Å². The fourth-order valence-electron chi connectivity index (χ4n) is 2.01. The molecule has 1 N–H and O–H groups in total. The van der Waals surface area contributed by atoms with E-state index in [9.17, 15) is 0 Å². The van der Waals surface area contributed by atoms with Gasteiger partial charge in [-0.15, -0.1) is 0 Å². The Morgan fingerprint density at radius 2 is 2.22 bits per heavy atom. The van der Waals surface area contributed by atoms with Gasteiger partial charge in [-0.05, 0) is 59.1 Å². The Labute approximate surface area is 123 Å². The third-order valence-corrected chi connectivity index (χ3v) is 3.97. The predicted molar refractivity (Wildman–Crippen MR) is 82.1 cm³/mol. The van der Waals surface area contributed by atoms with Crippen molar-refractivity contribution in [2.45, 2.75) is 6.54 Å². The third-order valence-electron chi connectivity index (χ3n) is 2.98. The van der Waals surface area contributed by atoms with Crippen molar-refractivity contribution in [3.8, 4) is 0 Å². The van der Waals surface area contributed by atoms with Crippen molar-refractivity contribution in [1.82, 2.24) is 19.3 Å². The van der Waals surface area contributed by atoms with Crippen LogP contribution in [0.4, 0.5) is 0 Å². The standard InChI is InChI=1S/C12H11IN4S/c1-16-9(4-5-14-16)7-17-11-3-2-8(13)6-10(11)15-12(17)18/h2-6H,7H2,1H3,(H,15,18). The molecule has 0 atom stereocenters. The molecule has 0 aliphatic carbocycles. The summed E-state index contributed by atoms with van der Waals surface area (Å²) >= 11 is 7.69. The predicted octanol–water partition coefficient (Wildman–Crippen LogP) is 3.09. The van der Waals surface area contributed by atoms with Crippen molar-refractivity contribution < 1.29 is 0 Å². The van der Waals surface area contributed by atoms with E-state index >= 15 is 0 Å². The summed E-state index contributed by atoms with van der Waals surface area (Å²) in [6.45, 7) is 0.732. The molecule has 0 unspecified atom stereocenters. The molecule has 3 rings (SSSR count). The lowest BCUT2D eigenvalue weighted by Crippen LogP contribution is -2.05. The fraction of sp³-hybridized carbons (Fsp3) is 0.167. The maximum Gasteiger partial charge on any atom is 0.178 e. The van der Waals surface area contributed by atoms with Gasteiger partial charge in [0.05, 0.1) is 23.3 Å². The average molecular weight is 370 g/mol. The van der Waals surface area contributed by atoms with Crippen molar-refractivity contribution >= 4 is 45.8 Å². The van der Waals surface area contributed by atoms with Gasteiger partial charge in [0.1, 0.15) is 0 Å². The van der Waals surface area contributed by atoms with E-state index in [1.54, 1.807) is 6.20 Å². The molecule has 0 bridgehead atoms. The molecule has 0 spiro atoms. The zero-order valence-electron chi connectivity index (χ0n) is 9.72. The summed E-state index contributed by atoms with van der Waals surface area (Å²) in [5.41, 5.74) is 3.33. The lowest BCUT2D eigenvalue weighted by Gasteiger charge is -2.05. The van der Waals surface area contributed by atoms with Gasteiger partial charge in [0.25, 0.3) is 0 Å². The van der Waals surface area contributed by atoms with E-state index in [0.29, 0.717) is 0 Å². The Balaban J connectivity index is 2.15. The average Bonchev–Trinajstić information content (AvgIpc) is 2.85. The zero-order valence-corrected chi connectivity index (χ0v) is 12.7. The van der Waals surface area contributed by atoms with Crippen LogP contribution in [0.25, 0.3) is 11.0 Å². The number of fused-ring (bicyclic) bond motifs is 1. The van der Waals surface area contributed by atoms with Crippen LogP contribution in [-0.2, 0) is 13.6 Å². The fourth-order valence-corrected chi connectivity index (χ4v) is 2.78. The molecule has 2 heterocycles. The monoisotopic (exact) mass is 370 g/mol. The highest BCUT2D eigenvalue weighted by molar-refractivity contribution is 14.1. The van der Waals surface area contributed by atoms with Crippen LogP contribution in [0.3, 0.4) is 0 Å². The van der Waals surface area contributed by atoms with Crippen LogP contribution in [-0.4, -0.2) is 19.3 Å². The van der Waals surface area contributed by atoms with Crippen LogP contribution in [0.5, 0.6) is 0 Å². The Kier molecular flexibility index (Phi) is 2.98. The highest BCUT2D eigenvalue weighted by Gasteiger charge is 2.07. The van der Waals surface area contributed by atoms with E-state index in [1.165, 1.54) is 3.57 Å². The first-order valence-corrected chi connectivity index (χ1v) is 6.99. The van der Waals surface area contributed by atoms with Crippen molar-refractivity contribution in [1.29, 1.82) is 0 Å². The molecule has 2 aromatic heterocycles. The van der Waals surface area contributed by atoms with Crippen LogP contribution >= 0.6 is 34.8 Å². The minimum absolute atomic E-state index is 0.732. The third kappa shape index (κ3) is 1.99. The molecule has 3 aromatic rings. The van der Waals surface area contributed by atoms with Crippen LogP contribution in [0.1, 0.15) is 5.69 Å². The number of imidazole rings is 1. The van der Waals surface area contributed by atoms with Gasteiger partial charge >= 0.3 is 0 Å². The Morgan fingerprint density at radius 1 is 1.39 bits per heavy atom. The number of aromatic amines is 1. The van der Waals surface area contributed by atoms with E-state index in [0.717, 1.165) is 28.0 Å². The van der Waals surface area contributed by atoms with Gasteiger partial charge in [0, 0.05) is 16.8 Å². The first kappa shape index (κ1) is 11.9. The van der Waals surface area contributed by atoms with Crippen LogP contribution in [0, 0.1) is 8.34 Å². The number of benzene rings is 1. The maximum absolute atomic E-state index is 5.39. The summed E-state index contributed by atoms with van der Waals surface area (Å²) < 4.78 is 5.91. The number of aryl methyl sites for hydroxylation is 1. The van der Waals surface area contributed by atoms with Crippen molar-refractivity contribution in [2.75, 3.05) is 0 Å². The van der Waals surface area contributed by atoms with Gasteiger partial charge in [0.15, 0.2) is 4.77 Å². The lowest BCUT2D eigenvalue weighted by atomic mass is 10.3. The summed E-state index contributed by atoms with van der Waals surface area (Å²) in [6, 6.07) is 8.30. The Hall–Kier alpha value is -1.15. The molecule has 0 aliphatic heterocycles. The molecule has 0 saturated heterocycles. The van der Waals surface area contributed by atoms with Gasteiger partial charge in [-0.2, -0.15) is 5.10 Å². The number of rotatable bonds is 2. The first-order chi connectivity index (χ1) is 8.65. The molecule has 18 heavy (non-hydrogen) atoms. The summed E-state index contributed by atoms with van der Waals surface area (Å²) in [6.07, 6.45) is 1.80. The van der Waals surface area contributed by atoms with Gasteiger partial charge in [-0.3, -0.25) is 4.68 Å². The summed E-state index contributed by atoms with van der Waals surface area (Å²) in [7, 11) is 1.94. The van der Waals surface area contributed by atoms with Gasteiger partial charge in [-0.25, -0.2) is 0 Å². The molecular weight excluding hydrogens is 359 g/mol. The Bertz CT molecular complexity index is 768. The Morgan fingerprint density at radius 3 is 2.94 bits per heavy atom. The second-order valence-corrected chi connectivity index (χ2v) is 5.76.